The third kappa shape index (κ3) is 5.33. The van der Waals surface area contributed by atoms with Gasteiger partial charge in [-0.25, -0.2) is 4.79 Å². The van der Waals surface area contributed by atoms with E-state index < -0.39 is 5.97 Å². The van der Waals surface area contributed by atoms with Crippen molar-refractivity contribution < 1.29 is 14.3 Å². The van der Waals surface area contributed by atoms with Crippen LogP contribution in [0.15, 0.2) is 12.1 Å². The Morgan fingerprint density at radius 3 is 2.58 bits per heavy atom. The van der Waals surface area contributed by atoms with Gasteiger partial charge in [-0.3, -0.25) is 4.79 Å². The molecule has 0 saturated heterocycles. The Morgan fingerprint density at radius 1 is 1.32 bits per heavy atom. The highest BCUT2D eigenvalue weighted by atomic mass is 16.5. The molecule has 1 aromatic rings. The average molecular weight is 266 g/mol. The van der Waals surface area contributed by atoms with Gasteiger partial charge in [-0.1, -0.05) is 13.8 Å². The first-order valence-electron chi connectivity index (χ1n) is 5.95. The van der Waals surface area contributed by atoms with E-state index in [0.29, 0.717) is 18.3 Å². The van der Waals surface area contributed by atoms with Gasteiger partial charge in [-0.05, 0) is 18.1 Å². The van der Waals surface area contributed by atoms with Crippen molar-refractivity contribution in [2.24, 2.45) is 5.92 Å². The molecule has 0 bridgehead atoms. The van der Waals surface area contributed by atoms with Gasteiger partial charge in [0.25, 0.3) is 0 Å². The summed E-state index contributed by atoms with van der Waals surface area (Å²) in [6.07, 6.45) is 0. The molecular weight excluding hydrogens is 248 g/mol. The summed E-state index contributed by atoms with van der Waals surface area (Å²) in [6, 6.07) is 3.04. The van der Waals surface area contributed by atoms with E-state index in [1.165, 1.54) is 13.2 Å². The Labute approximate surface area is 111 Å². The number of rotatable bonds is 6. The predicted octanol–water partition coefficient (Wildman–Crippen LogP) is 0.447. The van der Waals surface area contributed by atoms with Crippen LogP contribution in [0.2, 0.25) is 0 Å². The largest absolute Gasteiger partial charge is 0.464 e. The van der Waals surface area contributed by atoms with Gasteiger partial charge in [0.05, 0.1) is 13.7 Å². The van der Waals surface area contributed by atoms with Crippen LogP contribution >= 0.6 is 0 Å². The normalized spacial score (nSPS) is 10.1. The second kappa shape index (κ2) is 7.30. The van der Waals surface area contributed by atoms with Crippen molar-refractivity contribution in [1.29, 1.82) is 0 Å². The van der Waals surface area contributed by atoms with Crippen LogP contribution in [0.25, 0.3) is 0 Å². The lowest BCUT2D eigenvalue weighted by molar-refractivity contribution is -0.119. The number of anilines is 1. The van der Waals surface area contributed by atoms with Crippen LogP contribution in [-0.4, -0.2) is 42.3 Å². The maximum absolute atomic E-state index is 11.4. The van der Waals surface area contributed by atoms with E-state index in [-0.39, 0.29) is 18.1 Å². The van der Waals surface area contributed by atoms with E-state index in [9.17, 15) is 9.59 Å². The minimum absolute atomic E-state index is 0.110. The summed E-state index contributed by atoms with van der Waals surface area (Å²) >= 11 is 0. The lowest BCUT2D eigenvalue weighted by Gasteiger charge is -2.08. The molecule has 0 aliphatic heterocycles. The Kier molecular flexibility index (Phi) is 5.72. The number of aromatic nitrogens is 2. The fourth-order valence-corrected chi connectivity index (χ4v) is 1.19. The van der Waals surface area contributed by atoms with Gasteiger partial charge in [-0.2, -0.15) is 0 Å². The van der Waals surface area contributed by atoms with Crippen LogP contribution in [0, 0.1) is 5.92 Å². The van der Waals surface area contributed by atoms with Crippen LogP contribution in [0.3, 0.4) is 0 Å². The third-order valence-corrected chi connectivity index (χ3v) is 2.20. The summed E-state index contributed by atoms with van der Waals surface area (Å²) < 4.78 is 4.50. The van der Waals surface area contributed by atoms with Gasteiger partial charge < -0.3 is 15.4 Å². The molecule has 0 spiro atoms. The number of carbonyl (C=O) groups is 2. The average Bonchev–Trinajstić information content (AvgIpc) is 2.42. The van der Waals surface area contributed by atoms with E-state index >= 15 is 0 Å². The summed E-state index contributed by atoms with van der Waals surface area (Å²) in [5.41, 5.74) is 0.123. The molecule has 0 aromatic carbocycles. The molecule has 0 aliphatic rings. The Morgan fingerprint density at radius 2 is 2.05 bits per heavy atom. The smallest absolute Gasteiger partial charge is 0.358 e. The van der Waals surface area contributed by atoms with Gasteiger partial charge in [0.2, 0.25) is 5.91 Å². The molecule has 0 fully saturated rings. The highest BCUT2D eigenvalue weighted by Crippen LogP contribution is 2.02. The Balaban J connectivity index is 2.41. The molecule has 0 radical (unpaired) electrons. The van der Waals surface area contributed by atoms with E-state index in [2.05, 4.69) is 25.6 Å². The molecule has 7 nitrogen and oxygen atoms in total. The second-order valence-corrected chi connectivity index (χ2v) is 4.35. The van der Waals surface area contributed by atoms with Crippen LogP contribution < -0.4 is 10.6 Å². The van der Waals surface area contributed by atoms with E-state index in [4.69, 9.17) is 0 Å². The highest BCUT2D eigenvalue weighted by Gasteiger charge is 2.08. The van der Waals surface area contributed by atoms with Crippen LogP contribution in [0.1, 0.15) is 24.3 Å². The van der Waals surface area contributed by atoms with Gasteiger partial charge in [0, 0.05) is 6.54 Å². The van der Waals surface area contributed by atoms with Crippen LogP contribution in [-0.2, 0) is 9.53 Å². The number of carbonyl (C=O) groups excluding carboxylic acids is 2. The molecule has 2 N–H and O–H groups in total. The van der Waals surface area contributed by atoms with E-state index in [0.717, 1.165) is 0 Å². The summed E-state index contributed by atoms with van der Waals surface area (Å²) in [5, 5.41) is 13.0. The third-order valence-electron chi connectivity index (χ3n) is 2.20. The maximum atomic E-state index is 11.4. The van der Waals surface area contributed by atoms with Crippen molar-refractivity contribution >= 4 is 17.7 Å². The molecule has 0 unspecified atom stereocenters. The first-order chi connectivity index (χ1) is 9.02. The summed E-state index contributed by atoms with van der Waals surface area (Å²) in [7, 11) is 1.27. The zero-order chi connectivity index (χ0) is 14.3. The molecule has 1 aromatic heterocycles. The van der Waals surface area contributed by atoms with Crippen LogP contribution in [0.5, 0.6) is 0 Å². The van der Waals surface area contributed by atoms with Crippen molar-refractivity contribution in [3.63, 3.8) is 0 Å². The molecule has 0 saturated carbocycles. The number of nitrogens with zero attached hydrogens (tertiary/aromatic N) is 2. The number of hydrogen-bond donors (Lipinski definition) is 2. The van der Waals surface area contributed by atoms with Crippen molar-refractivity contribution in [3.8, 4) is 0 Å². The number of nitrogens with one attached hydrogen (secondary N) is 2. The summed E-state index contributed by atoms with van der Waals surface area (Å²) in [4.78, 5) is 22.6. The first-order valence-corrected chi connectivity index (χ1v) is 5.95. The lowest BCUT2D eigenvalue weighted by Crippen LogP contribution is -2.32. The van der Waals surface area contributed by atoms with Crippen LogP contribution in [0.4, 0.5) is 5.82 Å². The standard InChI is InChI=1S/C12H18N4O3/c1-8(2)6-14-11(17)7-13-10-5-4-9(15-16-10)12(18)19-3/h4-5,8H,6-7H2,1-3H3,(H,13,16)(H,14,17). The minimum atomic E-state index is -0.547. The number of hydrogen-bond acceptors (Lipinski definition) is 6. The number of ether oxygens (including phenoxy) is 1. The SMILES string of the molecule is COC(=O)c1ccc(NCC(=O)NCC(C)C)nn1. The van der Waals surface area contributed by atoms with Crippen molar-refractivity contribution in [1.82, 2.24) is 15.5 Å². The summed E-state index contributed by atoms with van der Waals surface area (Å²) in [5.74, 6) is 0.164. The predicted molar refractivity (Wildman–Crippen MR) is 69.7 cm³/mol. The van der Waals surface area contributed by atoms with E-state index in [1.807, 2.05) is 13.8 Å². The molecule has 1 rings (SSSR count). The molecule has 1 heterocycles. The molecule has 0 aliphatic carbocycles. The van der Waals surface area contributed by atoms with Crippen molar-refractivity contribution in [2.75, 3.05) is 25.5 Å². The number of esters is 1. The van der Waals surface area contributed by atoms with Gasteiger partial charge in [0.15, 0.2) is 5.69 Å². The highest BCUT2D eigenvalue weighted by molar-refractivity contribution is 5.87. The van der Waals surface area contributed by atoms with Gasteiger partial charge >= 0.3 is 5.97 Å². The zero-order valence-corrected chi connectivity index (χ0v) is 11.3. The zero-order valence-electron chi connectivity index (χ0n) is 11.3. The lowest BCUT2D eigenvalue weighted by atomic mass is 10.2. The molecule has 0 atom stereocenters. The van der Waals surface area contributed by atoms with Crippen molar-refractivity contribution in [2.45, 2.75) is 13.8 Å². The summed E-state index contributed by atoms with van der Waals surface area (Å²) in [6.45, 7) is 4.78. The molecule has 1 amide bonds. The van der Waals surface area contributed by atoms with Gasteiger partial charge in [-0.15, -0.1) is 10.2 Å². The topological polar surface area (TPSA) is 93.2 Å². The first kappa shape index (κ1) is 14.9. The quantitative estimate of drug-likeness (QED) is 0.726. The van der Waals surface area contributed by atoms with Gasteiger partial charge in [0.1, 0.15) is 5.82 Å². The fraction of sp³-hybridized carbons (Fsp3) is 0.500. The minimum Gasteiger partial charge on any atom is -0.464 e. The molecule has 7 heteroatoms. The second-order valence-electron chi connectivity index (χ2n) is 4.35. The number of amides is 1. The molecule has 104 valence electrons. The fourth-order valence-electron chi connectivity index (χ4n) is 1.19. The number of methoxy groups -OCH3 is 1. The Bertz CT molecular complexity index is 431. The Hall–Kier alpha value is -2.18. The maximum Gasteiger partial charge on any atom is 0.358 e. The van der Waals surface area contributed by atoms with Crippen molar-refractivity contribution in [3.05, 3.63) is 17.8 Å². The monoisotopic (exact) mass is 266 g/mol. The molecule has 19 heavy (non-hydrogen) atoms. The van der Waals surface area contributed by atoms with E-state index in [1.54, 1.807) is 6.07 Å². The molecular formula is C12H18N4O3.